The minimum Gasteiger partial charge on any atom is -0.480 e. The zero-order valence-electron chi connectivity index (χ0n) is 12.3. The Hall–Kier alpha value is -1.30. The van der Waals surface area contributed by atoms with Gasteiger partial charge in [0.25, 0.3) is 0 Å². The molecule has 112 valence electrons. The summed E-state index contributed by atoms with van der Waals surface area (Å²) in [7, 11) is 0. The van der Waals surface area contributed by atoms with Gasteiger partial charge in [-0.15, -0.1) is 0 Å². The summed E-state index contributed by atoms with van der Waals surface area (Å²) in [6, 6.07) is -0.451. The van der Waals surface area contributed by atoms with Gasteiger partial charge in [0.1, 0.15) is 5.54 Å². The molecular formula is C13H26N2O4. The lowest BCUT2D eigenvalue weighted by Crippen LogP contribution is -2.57. The van der Waals surface area contributed by atoms with Crippen LogP contribution in [0.3, 0.4) is 0 Å². The molecule has 0 radical (unpaired) electrons. The number of urea groups is 1. The van der Waals surface area contributed by atoms with E-state index < -0.39 is 17.5 Å². The fourth-order valence-electron chi connectivity index (χ4n) is 1.87. The minimum absolute atomic E-state index is 0.00165. The third-order valence-electron chi connectivity index (χ3n) is 3.05. The first-order valence-corrected chi connectivity index (χ1v) is 6.71. The number of rotatable bonds is 8. The van der Waals surface area contributed by atoms with Crippen molar-refractivity contribution in [2.75, 3.05) is 13.2 Å². The first-order valence-electron chi connectivity index (χ1n) is 6.71. The molecule has 3 N–H and O–H groups in total. The monoisotopic (exact) mass is 274 g/mol. The summed E-state index contributed by atoms with van der Waals surface area (Å²) in [4.78, 5) is 25.0. The highest BCUT2D eigenvalue weighted by molar-refractivity contribution is 5.86. The van der Waals surface area contributed by atoms with Crippen molar-refractivity contribution >= 4 is 12.0 Å². The Labute approximate surface area is 114 Å². The molecule has 0 fully saturated rings. The Balaban J connectivity index is 4.80. The molecule has 0 spiro atoms. The molecule has 0 aromatic rings. The molecule has 0 bridgehead atoms. The van der Waals surface area contributed by atoms with Gasteiger partial charge in [-0.25, -0.2) is 9.59 Å². The summed E-state index contributed by atoms with van der Waals surface area (Å²) in [6.07, 6.45) is 1.52. The standard InChI is InChI=1S/C13H26N2O4/c1-5-7-13(4,11(17)18)14-12(19)15(10(2)3)8-6-9-16/h10,16H,5-9H2,1-4H3,(H,14,19)(H,17,18). The van der Waals surface area contributed by atoms with E-state index in [1.807, 2.05) is 20.8 Å². The number of amides is 2. The van der Waals surface area contributed by atoms with E-state index in [9.17, 15) is 14.7 Å². The van der Waals surface area contributed by atoms with Crippen LogP contribution in [-0.4, -0.2) is 51.8 Å². The van der Waals surface area contributed by atoms with Crippen molar-refractivity contribution in [1.82, 2.24) is 10.2 Å². The van der Waals surface area contributed by atoms with E-state index in [0.717, 1.165) is 0 Å². The first kappa shape index (κ1) is 17.7. The number of carboxylic acids is 1. The van der Waals surface area contributed by atoms with E-state index in [1.165, 1.54) is 11.8 Å². The number of aliphatic carboxylic acids is 1. The molecule has 0 saturated heterocycles. The van der Waals surface area contributed by atoms with E-state index >= 15 is 0 Å². The third-order valence-corrected chi connectivity index (χ3v) is 3.05. The average Bonchev–Trinajstić information content (AvgIpc) is 2.28. The van der Waals surface area contributed by atoms with Crippen LogP contribution < -0.4 is 5.32 Å². The zero-order chi connectivity index (χ0) is 15.1. The SMILES string of the molecule is CCCC(C)(NC(=O)N(CCCO)C(C)C)C(=O)O. The van der Waals surface area contributed by atoms with Gasteiger partial charge >= 0.3 is 12.0 Å². The van der Waals surface area contributed by atoms with Crippen LogP contribution >= 0.6 is 0 Å². The van der Waals surface area contributed by atoms with Gasteiger partial charge in [-0.05, 0) is 33.6 Å². The highest BCUT2D eigenvalue weighted by Crippen LogP contribution is 2.14. The fraction of sp³-hybridized carbons (Fsp3) is 0.846. The predicted molar refractivity (Wildman–Crippen MR) is 73.0 cm³/mol. The smallest absolute Gasteiger partial charge is 0.329 e. The number of aliphatic hydroxyl groups excluding tert-OH is 1. The van der Waals surface area contributed by atoms with Gasteiger partial charge in [0.05, 0.1) is 0 Å². The van der Waals surface area contributed by atoms with Crippen molar-refractivity contribution in [2.45, 2.75) is 58.5 Å². The molecule has 0 aliphatic carbocycles. The number of carbonyl (C=O) groups is 2. The molecule has 1 atom stereocenters. The highest BCUT2D eigenvalue weighted by Gasteiger charge is 2.35. The molecular weight excluding hydrogens is 248 g/mol. The maximum atomic E-state index is 12.2. The van der Waals surface area contributed by atoms with E-state index in [1.54, 1.807) is 0 Å². The molecule has 1 unspecified atom stereocenters. The van der Waals surface area contributed by atoms with E-state index in [4.69, 9.17) is 5.11 Å². The maximum Gasteiger partial charge on any atom is 0.329 e. The van der Waals surface area contributed by atoms with Crippen molar-refractivity contribution in [2.24, 2.45) is 0 Å². The summed E-state index contributed by atoms with van der Waals surface area (Å²) in [5, 5.41) is 20.7. The van der Waals surface area contributed by atoms with Crippen molar-refractivity contribution in [3.63, 3.8) is 0 Å². The Bertz CT molecular complexity index is 307. The second kappa shape index (κ2) is 7.99. The number of hydrogen-bond acceptors (Lipinski definition) is 3. The van der Waals surface area contributed by atoms with Gasteiger partial charge in [0, 0.05) is 19.2 Å². The Morgan fingerprint density at radius 3 is 2.32 bits per heavy atom. The van der Waals surface area contributed by atoms with Gasteiger partial charge in [-0.1, -0.05) is 13.3 Å². The summed E-state index contributed by atoms with van der Waals surface area (Å²) in [5.74, 6) is -1.03. The summed E-state index contributed by atoms with van der Waals surface area (Å²) >= 11 is 0. The van der Waals surface area contributed by atoms with Gasteiger partial charge < -0.3 is 20.4 Å². The second-order valence-electron chi connectivity index (χ2n) is 5.18. The van der Waals surface area contributed by atoms with Gasteiger partial charge in [0.15, 0.2) is 0 Å². The van der Waals surface area contributed by atoms with Crippen LogP contribution in [0.5, 0.6) is 0 Å². The number of nitrogens with one attached hydrogen (secondary N) is 1. The molecule has 19 heavy (non-hydrogen) atoms. The van der Waals surface area contributed by atoms with E-state index in [2.05, 4.69) is 5.32 Å². The lowest BCUT2D eigenvalue weighted by molar-refractivity contribution is -0.144. The van der Waals surface area contributed by atoms with Crippen molar-refractivity contribution in [3.05, 3.63) is 0 Å². The predicted octanol–water partition coefficient (Wildman–Crippen LogP) is 1.43. The molecule has 2 amide bonds. The molecule has 0 rings (SSSR count). The topological polar surface area (TPSA) is 89.9 Å². The lowest BCUT2D eigenvalue weighted by Gasteiger charge is -2.32. The summed E-state index contributed by atoms with van der Waals surface area (Å²) in [6.45, 7) is 7.51. The quantitative estimate of drug-likeness (QED) is 0.624. The lowest BCUT2D eigenvalue weighted by atomic mass is 9.96. The van der Waals surface area contributed by atoms with Crippen molar-refractivity contribution in [1.29, 1.82) is 0 Å². The maximum absolute atomic E-state index is 12.2. The third kappa shape index (κ3) is 5.46. The van der Waals surface area contributed by atoms with Gasteiger partial charge in [-0.3, -0.25) is 0 Å². The largest absolute Gasteiger partial charge is 0.480 e. The van der Waals surface area contributed by atoms with E-state index in [0.29, 0.717) is 25.8 Å². The van der Waals surface area contributed by atoms with Crippen LogP contribution in [-0.2, 0) is 4.79 Å². The van der Waals surface area contributed by atoms with Crippen molar-refractivity contribution in [3.8, 4) is 0 Å². The van der Waals surface area contributed by atoms with Gasteiger partial charge in [-0.2, -0.15) is 0 Å². The van der Waals surface area contributed by atoms with Crippen LogP contribution in [0.4, 0.5) is 4.79 Å². The number of aliphatic hydroxyl groups is 1. The Morgan fingerprint density at radius 1 is 1.37 bits per heavy atom. The number of carboxylic acid groups (broad SMARTS) is 1. The molecule has 0 heterocycles. The normalized spacial score (nSPS) is 14.0. The average molecular weight is 274 g/mol. The molecule has 0 aromatic heterocycles. The molecule has 0 saturated carbocycles. The van der Waals surface area contributed by atoms with E-state index in [-0.39, 0.29) is 12.6 Å². The highest BCUT2D eigenvalue weighted by atomic mass is 16.4. The Morgan fingerprint density at radius 2 is 1.95 bits per heavy atom. The molecule has 0 aliphatic heterocycles. The number of hydrogen-bond donors (Lipinski definition) is 3. The minimum atomic E-state index is -1.25. The first-order chi connectivity index (χ1) is 8.78. The fourth-order valence-corrected chi connectivity index (χ4v) is 1.87. The van der Waals surface area contributed by atoms with Gasteiger partial charge in [0.2, 0.25) is 0 Å². The molecule has 6 nitrogen and oxygen atoms in total. The molecule has 0 aromatic carbocycles. The Kier molecular flexibility index (Phi) is 7.44. The molecule has 0 aliphatic rings. The zero-order valence-corrected chi connectivity index (χ0v) is 12.3. The molecule has 6 heteroatoms. The number of carbonyl (C=O) groups excluding carboxylic acids is 1. The van der Waals surface area contributed by atoms with Crippen LogP contribution in [0.15, 0.2) is 0 Å². The van der Waals surface area contributed by atoms with Crippen LogP contribution in [0, 0.1) is 0 Å². The summed E-state index contributed by atoms with van der Waals surface area (Å²) < 4.78 is 0. The summed E-state index contributed by atoms with van der Waals surface area (Å²) in [5.41, 5.74) is -1.25. The van der Waals surface area contributed by atoms with Crippen LogP contribution in [0.2, 0.25) is 0 Å². The van der Waals surface area contributed by atoms with Crippen LogP contribution in [0.25, 0.3) is 0 Å². The van der Waals surface area contributed by atoms with Crippen molar-refractivity contribution < 1.29 is 19.8 Å². The number of nitrogens with zero attached hydrogens (tertiary/aromatic N) is 1. The van der Waals surface area contributed by atoms with Crippen LogP contribution in [0.1, 0.15) is 47.0 Å². The second-order valence-corrected chi connectivity index (χ2v) is 5.18.